The molecule has 11 nitrogen and oxygen atoms in total. The Morgan fingerprint density at radius 3 is 1.71 bits per heavy atom. The number of nitrogens with one attached hydrogen (secondary N) is 1. The maximum absolute atomic E-state index is 12.0. The minimum absolute atomic E-state index is 0.203. The van der Waals surface area contributed by atoms with Crippen LogP contribution in [-0.4, -0.2) is 101 Å². The van der Waals surface area contributed by atoms with Gasteiger partial charge in [0, 0.05) is 58.2 Å². The molecule has 0 aliphatic rings. The Morgan fingerprint density at radius 1 is 0.765 bits per heavy atom. The number of carbonyl (C=O) groups is 3. The minimum atomic E-state index is -0.766. The Labute approximate surface area is 201 Å². The smallest absolute Gasteiger partial charge is 0.331 e. The van der Waals surface area contributed by atoms with Crippen LogP contribution in [0, 0.1) is 5.41 Å². The minimum Gasteiger partial charge on any atom is -0.470 e. The van der Waals surface area contributed by atoms with Crippen molar-refractivity contribution in [3.63, 3.8) is 0 Å². The Kier molecular flexibility index (Phi) is 17.1. The van der Waals surface area contributed by atoms with E-state index in [0.29, 0.717) is 26.3 Å². The van der Waals surface area contributed by atoms with Crippen LogP contribution in [0.1, 0.15) is 27.7 Å². The maximum atomic E-state index is 12.0. The van der Waals surface area contributed by atoms with Gasteiger partial charge in [0.1, 0.15) is 12.7 Å². The second kappa shape index (κ2) is 18.6. The number of methoxy groups -OCH3 is 2. The summed E-state index contributed by atoms with van der Waals surface area (Å²) in [6.45, 7) is 8.90. The predicted molar refractivity (Wildman–Crippen MR) is 124 cm³/mol. The molecular weight excluding hydrogens is 448 g/mol. The lowest BCUT2D eigenvalue weighted by Gasteiger charge is -2.27. The fourth-order valence-electron chi connectivity index (χ4n) is 2.41. The molecule has 0 rings (SSSR count). The van der Waals surface area contributed by atoms with Gasteiger partial charge in [0.05, 0.1) is 25.4 Å². The van der Waals surface area contributed by atoms with Crippen molar-refractivity contribution < 1.29 is 42.8 Å². The second-order valence-electron chi connectivity index (χ2n) is 7.66. The molecule has 0 saturated heterocycles. The third kappa shape index (κ3) is 17.8. The third-order valence-corrected chi connectivity index (χ3v) is 3.82. The summed E-state index contributed by atoms with van der Waals surface area (Å²) in [5.41, 5.74) is 0. The summed E-state index contributed by atoms with van der Waals surface area (Å²) < 4.78 is 30.9. The van der Waals surface area contributed by atoms with E-state index in [1.54, 1.807) is 41.9 Å². The van der Waals surface area contributed by atoms with E-state index in [2.05, 4.69) is 0 Å². The molecule has 1 N–H and O–H groups in total. The van der Waals surface area contributed by atoms with Gasteiger partial charge < -0.3 is 28.4 Å². The normalized spacial score (nSPS) is 12.5. The molecule has 34 heavy (non-hydrogen) atoms. The number of ether oxygens (including phenoxy) is 6. The summed E-state index contributed by atoms with van der Waals surface area (Å²) in [4.78, 5) is 37.2. The standard InChI is InChI=1S/C23H38N2O9/c1-17(2)32-22(27)8-7-20(24)34-19(15-25(11-13-29-5)12-14-30-6)16-31-21(26)9-10-23(28)33-18(3)4/h7-10,17-19,24H,11-16H2,1-6H3/b8-7+,10-9+,24-20?. The van der Waals surface area contributed by atoms with E-state index in [9.17, 15) is 14.4 Å². The SMILES string of the molecule is COCCN(CCOC)CC(COC(=O)/C=C/C(=O)OC(C)C)OC(=N)/C=C/C(=O)OC(C)C. The lowest BCUT2D eigenvalue weighted by Crippen LogP contribution is -2.41. The molecule has 0 saturated carbocycles. The van der Waals surface area contributed by atoms with Gasteiger partial charge in [-0.05, 0) is 27.7 Å². The summed E-state index contributed by atoms with van der Waals surface area (Å²) in [7, 11) is 3.16. The number of esters is 3. The quantitative estimate of drug-likeness (QED) is 0.106. The molecule has 0 fully saturated rings. The first-order valence-corrected chi connectivity index (χ1v) is 11.0. The lowest BCUT2D eigenvalue weighted by molar-refractivity contribution is -0.143. The topological polar surface area (TPSA) is 134 Å². The average Bonchev–Trinajstić information content (AvgIpc) is 2.75. The zero-order valence-electron chi connectivity index (χ0n) is 20.9. The van der Waals surface area contributed by atoms with Crippen LogP contribution in [0.4, 0.5) is 0 Å². The van der Waals surface area contributed by atoms with Crippen molar-refractivity contribution in [1.29, 1.82) is 5.41 Å². The number of nitrogens with zero attached hydrogens (tertiary/aromatic N) is 1. The monoisotopic (exact) mass is 486 g/mol. The van der Waals surface area contributed by atoms with E-state index in [1.165, 1.54) is 0 Å². The van der Waals surface area contributed by atoms with Gasteiger partial charge in [0.25, 0.3) is 0 Å². The molecule has 0 aliphatic carbocycles. The molecule has 194 valence electrons. The highest BCUT2D eigenvalue weighted by molar-refractivity contribution is 5.93. The van der Waals surface area contributed by atoms with E-state index in [0.717, 1.165) is 24.3 Å². The maximum Gasteiger partial charge on any atom is 0.331 e. The molecule has 0 aromatic carbocycles. The number of carbonyl (C=O) groups excluding carboxylic acids is 3. The molecule has 0 aliphatic heterocycles. The Morgan fingerprint density at radius 2 is 1.24 bits per heavy atom. The van der Waals surface area contributed by atoms with Crippen molar-refractivity contribution in [2.75, 3.05) is 53.7 Å². The van der Waals surface area contributed by atoms with Gasteiger partial charge in [0.15, 0.2) is 0 Å². The molecule has 0 heterocycles. The van der Waals surface area contributed by atoms with Gasteiger partial charge in [-0.1, -0.05) is 0 Å². The first kappa shape index (κ1) is 31.2. The van der Waals surface area contributed by atoms with Crippen LogP contribution < -0.4 is 0 Å². The Bertz CT molecular complexity index is 682. The largest absolute Gasteiger partial charge is 0.470 e. The van der Waals surface area contributed by atoms with Crippen molar-refractivity contribution in [3.8, 4) is 0 Å². The molecule has 0 aromatic rings. The van der Waals surface area contributed by atoms with Gasteiger partial charge in [-0.25, -0.2) is 14.4 Å². The first-order chi connectivity index (χ1) is 16.1. The fourth-order valence-corrected chi connectivity index (χ4v) is 2.41. The summed E-state index contributed by atoms with van der Waals surface area (Å²) in [6, 6.07) is 0. The highest BCUT2D eigenvalue weighted by Crippen LogP contribution is 2.03. The van der Waals surface area contributed by atoms with Crippen molar-refractivity contribution >= 4 is 23.8 Å². The Hall–Kier alpha value is -2.76. The van der Waals surface area contributed by atoms with E-state index >= 15 is 0 Å². The van der Waals surface area contributed by atoms with Crippen LogP contribution in [-0.2, 0) is 42.8 Å². The zero-order valence-corrected chi connectivity index (χ0v) is 20.9. The number of hydrogen-bond acceptors (Lipinski definition) is 11. The average molecular weight is 487 g/mol. The van der Waals surface area contributed by atoms with Gasteiger partial charge in [-0.2, -0.15) is 0 Å². The van der Waals surface area contributed by atoms with Gasteiger partial charge in [-0.3, -0.25) is 10.3 Å². The number of rotatable bonds is 17. The highest BCUT2D eigenvalue weighted by Gasteiger charge is 2.19. The molecule has 1 atom stereocenters. The van der Waals surface area contributed by atoms with Gasteiger partial charge >= 0.3 is 17.9 Å². The Balaban J connectivity index is 5.15. The van der Waals surface area contributed by atoms with Crippen molar-refractivity contribution in [1.82, 2.24) is 4.90 Å². The first-order valence-electron chi connectivity index (χ1n) is 11.0. The molecule has 0 spiro atoms. The summed E-state index contributed by atoms with van der Waals surface area (Å²) in [5, 5.41) is 8.00. The van der Waals surface area contributed by atoms with Crippen LogP contribution >= 0.6 is 0 Å². The van der Waals surface area contributed by atoms with Crippen LogP contribution in [0.25, 0.3) is 0 Å². The van der Waals surface area contributed by atoms with E-state index in [1.807, 2.05) is 4.90 Å². The highest BCUT2D eigenvalue weighted by atomic mass is 16.6. The molecule has 0 amide bonds. The fraction of sp³-hybridized carbons (Fsp3) is 0.652. The molecule has 1 unspecified atom stereocenters. The summed E-state index contributed by atoms with van der Waals surface area (Å²) in [5.74, 6) is -2.34. The second-order valence-corrected chi connectivity index (χ2v) is 7.66. The molecular formula is C23H38N2O9. The lowest BCUT2D eigenvalue weighted by atomic mass is 10.3. The van der Waals surface area contributed by atoms with E-state index in [-0.39, 0.29) is 31.3 Å². The predicted octanol–water partition coefficient (Wildman–Crippen LogP) is 1.50. The van der Waals surface area contributed by atoms with Crippen LogP contribution in [0.3, 0.4) is 0 Å². The summed E-state index contributed by atoms with van der Waals surface area (Å²) >= 11 is 0. The number of hydrogen-bond donors (Lipinski definition) is 1. The third-order valence-electron chi connectivity index (χ3n) is 3.82. The molecule has 0 aromatic heterocycles. The van der Waals surface area contributed by atoms with Crippen LogP contribution in [0.15, 0.2) is 24.3 Å². The van der Waals surface area contributed by atoms with E-state index in [4.69, 9.17) is 33.8 Å². The van der Waals surface area contributed by atoms with Gasteiger partial charge in [0.2, 0.25) is 5.90 Å². The van der Waals surface area contributed by atoms with Crippen molar-refractivity contribution in [3.05, 3.63) is 24.3 Å². The van der Waals surface area contributed by atoms with Crippen molar-refractivity contribution in [2.24, 2.45) is 0 Å². The van der Waals surface area contributed by atoms with E-state index < -0.39 is 24.0 Å². The molecule has 0 radical (unpaired) electrons. The van der Waals surface area contributed by atoms with Gasteiger partial charge in [-0.15, -0.1) is 0 Å². The van der Waals surface area contributed by atoms with Crippen LogP contribution in [0.5, 0.6) is 0 Å². The molecule has 0 bridgehead atoms. The zero-order chi connectivity index (χ0) is 25.9. The van der Waals surface area contributed by atoms with Crippen molar-refractivity contribution in [2.45, 2.75) is 46.0 Å². The molecule has 11 heteroatoms. The summed E-state index contributed by atoms with van der Waals surface area (Å²) in [6.07, 6.45) is 2.84. The van der Waals surface area contributed by atoms with Crippen LogP contribution in [0.2, 0.25) is 0 Å².